The molecule has 2 aromatic carbocycles. The summed E-state index contributed by atoms with van der Waals surface area (Å²) in [4.78, 5) is 4.33. The summed E-state index contributed by atoms with van der Waals surface area (Å²) < 4.78 is 11.2. The molecule has 0 aliphatic rings. The van der Waals surface area contributed by atoms with E-state index in [1.165, 1.54) is 0 Å². The third-order valence-corrected chi connectivity index (χ3v) is 3.34. The molecule has 1 aromatic heterocycles. The summed E-state index contributed by atoms with van der Waals surface area (Å²) in [6, 6.07) is 13.3. The Balaban J connectivity index is 2.07. The van der Waals surface area contributed by atoms with Gasteiger partial charge in [0.15, 0.2) is 0 Å². The molecule has 0 bridgehead atoms. The quantitative estimate of drug-likeness (QED) is 0.739. The molecule has 0 atom stereocenters. The topological polar surface area (TPSA) is 57.4 Å². The Labute approximate surface area is 123 Å². The van der Waals surface area contributed by atoms with Crippen LogP contribution in [0.2, 0.25) is 0 Å². The largest absolute Gasteiger partial charge is 0.497 e. The summed E-state index contributed by atoms with van der Waals surface area (Å²) in [5, 5.41) is 1.96. The van der Waals surface area contributed by atoms with Crippen molar-refractivity contribution in [2.75, 3.05) is 12.8 Å². The van der Waals surface area contributed by atoms with E-state index < -0.39 is 0 Å². The van der Waals surface area contributed by atoms with E-state index in [4.69, 9.17) is 15.2 Å². The van der Waals surface area contributed by atoms with Gasteiger partial charge in [0.05, 0.1) is 7.11 Å². The third-order valence-electron chi connectivity index (χ3n) is 3.34. The number of anilines is 1. The molecule has 4 nitrogen and oxygen atoms in total. The second-order valence-corrected chi connectivity index (χ2v) is 4.83. The van der Waals surface area contributed by atoms with Gasteiger partial charge in [0.25, 0.3) is 0 Å². The number of aromatic nitrogens is 1. The molecule has 1 heterocycles. The van der Waals surface area contributed by atoms with E-state index in [0.29, 0.717) is 11.6 Å². The van der Waals surface area contributed by atoms with Crippen LogP contribution in [0.25, 0.3) is 10.8 Å². The highest BCUT2D eigenvalue weighted by molar-refractivity contribution is 5.88. The van der Waals surface area contributed by atoms with Crippen LogP contribution in [0.3, 0.4) is 0 Å². The van der Waals surface area contributed by atoms with Crippen LogP contribution in [0.4, 0.5) is 5.69 Å². The van der Waals surface area contributed by atoms with Crippen molar-refractivity contribution in [2.24, 2.45) is 0 Å². The molecule has 106 valence electrons. The molecule has 0 aliphatic carbocycles. The molecule has 4 heteroatoms. The maximum Gasteiger partial charge on any atom is 0.227 e. The number of nitrogen functional groups attached to an aromatic ring is 1. The van der Waals surface area contributed by atoms with Gasteiger partial charge in [0, 0.05) is 17.3 Å². The van der Waals surface area contributed by atoms with E-state index in [9.17, 15) is 0 Å². The van der Waals surface area contributed by atoms with Gasteiger partial charge in [0.1, 0.15) is 11.5 Å². The Morgan fingerprint density at radius 3 is 2.67 bits per heavy atom. The molecule has 0 fully saturated rings. The van der Waals surface area contributed by atoms with Crippen molar-refractivity contribution in [1.29, 1.82) is 0 Å². The van der Waals surface area contributed by atoms with E-state index in [0.717, 1.165) is 27.8 Å². The normalized spacial score (nSPS) is 10.6. The number of nitrogens with two attached hydrogens (primary N) is 1. The van der Waals surface area contributed by atoms with Crippen LogP contribution in [-0.2, 0) is 0 Å². The van der Waals surface area contributed by atoms with Crippen molar-refractivity contribution in [1.82, 2.24) is 4.98 Å². The lowest BCUT2D eigenvalue weighted by molar-refractivity contribution is 0.415. The monoisotopic (exact) mass is 280 g/mol. The first kappa shape index (κ1) is 13.2. The van der Waals surface area contributed by atoms with Gasteiger partial charge in [-0.1, -0.05) is 6.07 Å². The Morgan fingerprint density at radius 2 is 1.90 bits per heavy atom. The molecule has 0 aliphatic heterocycles. The summed E-state index contributed by atoms with van der Waals surface area (Å²) in [5.41, 5.74) is 7.45. The molecule has 0 saturated heterocycles. The predicted octanol–water partition coefficient (Wildman–Crippen LogP) is 3.93. The van der Waals surface area contributed by atoms with E-state index in [-0.39, 0.29) is 0 Å². The van der Waals surface area contributed by atoms with Crippen molar-refractivity contribution in [3.05, 3.63) is 54.2 Å². The van der Waals surface area contributed by atoms with Gasteiger partial charge in [0.2, 0.25) is 5.88 Å². The van der Waals surface area contributed by atoms with Crippen molar-refractivity contribution in [3.63, 3.8) is 0 Å². The van der Waals surface area contributed by atoms with Gasteiger partial charge in [-0.25, -0.2) is 4.98 Å². The minimum absolute atomic E-state index is 0.555. The van der Waals surface area contributed by atoms with Gasteiger partial charge in [-0.05, 0) is 54.3 Å². The fourth-order valence-corrected chi connectivity index (χ4v) is 2.22. The number of rotatable bonds is 3. The van der Waals surface area contributed by atoms with E-state index >= 15 is 0 Å². The average Bonchev–Trinajstić information content (AvgIpc) is 2.50. The zero-order chi connectivity index (χ0) is 14.8. The number of hydrogen-bond donors (Lipinski definition) is 1. The fourth-order valence-electron chi connectivity index (χ4n) is 2.22. The summed E-state index contributed by atoms with van der Waals surface area (Å²) in [5.74, 6) is 2.07. The first-order valence-electron chi connectivity index (χ1n) is 6.64. The molecule has 0 unspecified atom stereocenters. The van der Waals surface area contributed by atoms with Gasteiger partial charge in [-0.3, -0.25) is 0 Å². The Bertz CT molecular complexity index is 800. The molecule has 0 saturated carbocycles. The lowest BCUT2D eigenvalue weighted by Gasteiger charge is -2.11. The summed E-state index contributed by atoms with van der Waals surface area (Å²) >= 11 is 0. The molecule has 3 aromatic rings. The first-order chi connectivity index (χ1) is 10.2. The Morgan fingerprint density at radius 1 is 1.05 bits per heavy atom. The van der Waals surface area contributed by atoms with Crippen LogP contribution in [0.15, 0.2) is 48.7 Å². The number of methoxy groups -OCH3 is 1. The summed E-state index contributed by atoms with van der Waals surface area (Å²) in [6.45, 7) is 1.96. The number of ether oxygens (including phenoxy) is 2. The SMILES string of the molecule is COc1ccc2ccnc(Oc3ccc(N)cc3C)c2c1. The highest BCUT2D eigenvalue weighted by Crippen LogP contribution is 2.32. The van der Waals surface area contributed by atoms with Crippen LogP contribution in [0.5, 0.6) is 17.4 Å². The maximum atomic E-state index is 5.95. The second-order valence-electron chi connectivity index (χ2n) is 4.83. The number of hydrogen-bond acceptors (Lipinski definition) is 4. The van der Waals surface area contributed by atoms with Gasteiger partial charge < -0.3 is 15.2 Å². The molecular weight excluding hydrogens is 264 g/mol. The van der Waals surface area contributed by atoms with E-state index in [2.05, 4.69) is 4.98 Å². The smallest absolute Gasteiger partial charge is 0.227 e. The van der Waals surface area contributed by atoms with Crippen LogP contribution in [0, 0.1) is 6.92 Å². The summed E-state index contributed by atoms with van der Waals surface area (Å²) in [6.07, 6.45) is 1.73. The van der Waals surface area contributed by atoms with Crippen molar-refractivity contribution in [2.45, 2.75) is 6.92 Å². The standard InChI is InChI=1S/C17H16N2O2/c1-11-9-13(18)4-6-16(11)21-17-15-10-14(20-2)5-3-12(15)7-8-19-17/h3-10H,18H2,1-2H3. The molecule has 3 rings (SSSR count). The van der Waals surface area contributed by atoms with E-state index in [1.807, 2.05) is 49.4 Å². The van der Waals surface area contributed by atoms with Crippen LogP contribution < -0.4 is 15.2 Å². The third kappa shape index (κ3) is 2.60. The lowest BCUT2D eigenvalue weighted by Crippen LogP contribution is -1.93. The van der Waals surface area contributed by atoms with Crippen molar-refractivity contribution < 1.29 is 9.47 Å². The van der Waals surface area contributed by atoms with Crippen molar-refractivity contribution >= 4 is 16.5 Å². The zero-order valence-corrected chi connectivity index (χ0v) is 12.0. The number of nitrogens with zero attached hydrogens (tertiary/aromatic N) is 1. The predicted molar refractivity (Wildman–Crippen MR) is 84.0 cm³/mol. The molecule has 2 N–H and O–H groups in total. The Hall–Kier alpha value is -2.75. The lowest BCUT2D eigenvalue weighted by atomic mass is 10.1. The van der Waals surface area contributed by atoms with E-state index in [1.54, 1.807) is 13.3 Å². The number of pyridine rings is 1. The fraction of sp³-hybridized carbons (Fsp3) is 0.118. The molecule has 0 spiro atoms. The van der Waals surface area contributed by atoms with Crippen LogP contribution >= 0.6 is 0 Å². The van der Waals surface area contributed by atoms with Crippen molar-refractivity contribution in [3.8, 4) is 17.4 Å². The zero-order valence-electron chi connectivity index (χ0n) is 12.0. The minimum Gasteiger partial charge on any atom is -0.497 e. The number of benzene rings is 2. The first-order valence-corrected chi connectivity index (χ1v) is 6.64. The van der Waals surface area contributed by atoms with Crippen LogP contribution in [-0.4, -0.2) is 12.1 Å². The summed E-state index contributed by atoms with van der Waals surface area (Å²) in [7, 11) is 1.64. The molecular formula is C17H16N2O2. The second kappa shape index (κ2) is 5.32. The maximum absolute atomic E-state index is 5.95. The van der Waals surface area contributed by atoms with Gasteiger partial charge in [-0.2, -0.15) is 0 Å². The van der Waals surface area contributed by atoms with Gasteiger partial charge >= 0.3 is 0 Å². The molecule has 21 heavy (non-hydrogen) atoms. The number of fused-ring (bicyclic) bond motifs is 1. The highest BCUT2D eigenvalue weighted by atomic mass is 16.5. The molecule has 0 amide bonds. The Kier molecular flexibility index (Phi) is 3.36. The molecule has 0 radical (unpaired) electrons. The highest BCUT2D eigenvalue weighted by Gasteiger charge is 2.08. The number of aryl methyl sites for hydroxylation is 1. The van der Waals surface area contributed by atoms with Crippen LogP contribution in [0.1, 0.15) is 5.56 Å². The van der Waals surface area contributed by atoms with Gasteiger partial charge in [-0.15, -0.1) is 0 Å². The average molecular weight is 280 g/mol. The minimum atomic E-state index is 0.555.